The Hall–Kier alpha value is -3.20. The third-order valence-corrected chi connectivity index (χ3v) is 5.82. The lowest BCUT2D eigenvalue weighted by Crippen LogP contribution is -2.47. The maximum Gasteiger partial charge on any atom is 0.277 e. The van der Waals surface area contributed by atoms with E-state index in [9.17, 15) is 9.59 Å². The molecule has 4 rings (SSSR count). The van der Waals surface area contributed by atoms with E-state index in [1.54, 1.807) is 29.9 Å². The lowest BCUT2D eigenvalue weighted by atomic mass is 10.1. The minimum atomic E-state index is -0.263. The molecule has 0 saturated carbocycles. The zero-order valence-electron chi connectivity index (χ0n) is 19.1. The van der Waals surface area contributed by atoms with Gasteiger partial charge in [0, 0.05) is 38.8 Å². The standard InChI is InChI=1S/C23H30N6O3/c1-5-7-17-19-20(28(4)26-17)22(30)25-21(24-19)16-14-15(8-9-18(16)32-6-2)23(31)29-12-10-27(3)11-13-29/h8-9,14H,5-7,10-13H2,1-4H3,(H,24,25,30). The molecule has 3 heterocycles. The van der Waals surface area contributed by atoms with Crippen LogP contribution in [0, 0.1) is 0 Å². The number of carbonyl (C=O) groups is 1. The van der Waals surface area contributed by atoms with Gasteiger partial charge in [0.05, 0.1) is 17.9 Å². The van der Waals surface area contributed by atoms with E-state index in [0.29, 0.717) is 53.4 Å². The van der Waals surface area contributed by atoms with E-state index in [4.69, 9.17) is 9.72 Å². The summed E-state index contributed by atoms with van der Waals surface area (Å²) in [6.07, 6.45) is 1.63. The van der Waals surface area contributed by atoms with Crippen LogP contribution in [0.25, 0.3) is 22.4 Å². The highest BCUT2D eigenvalue weighted by atomic mass is 16.5. The number of benzene rings is 1. The van der Waals surface area contributed by atoms with Crippen molar-refractivity contribution in [2.24, 2.45) is 7.05 Å². The Morgan fingerprint density at radius 3 is 2.59 bits per heavy atom. The molecule has 0 aliphatic carbocycles. The molecule has 1 saturated heterocycles. The van der Waals surface area contributed by atoms with E-state index in [-0.39, 0.29) is 11.5 Å². The van der Waals surface area contributed by atoms with Gasteiger partial charge in [0.2, 0.25) is 0 Å². The third kappa shape index (κ3) is 4.12. The van der Waals surface area contributed by atoms with Gasteiger partial charge >= 0.3 is 0 Å². The van der Waals surface area contributed by atoms with E-state index in [1.807, 2.05) is 11.8 Å². The Bertz CT molecular complexity index is 1190. The van der Waals surface area contributed by atoms with Crippen molar-refractivity contribution in [1.29, 1.82) is 0 Å². The van der Waals surface area contributed by atoms with Gasteiger partial charge in [-0.2, -0.15) is 5.10 Å². The molecule has 32 heavy (non-hydrogen) atoms. The predicted molar refractivity (Wildman–Crippen MR) is 123 cm³/mol. The average molecular weight is 439 g/mol. The summed E-state index contributed by atoms with van der Waals surface area (Å²) in [6, 6.07) is 5.33. The molecule has 1 fully saturated rings. The van der Waals surface area contributed by atoms with Crippen LogP contribution in [-0.2, 0) is 13.5 Å². The van der Waals surface area contributed by atoms with Gasteiger partial charge in [-0.05, 0) is 38.6 Å². The summed E-state index contributed by atoms with van der Waals surface area (Å²) in [7, 11) is 3.80. The number of nitrogens with zero attached hydrogens (tertiary/aromatic N) is 5. The number of amides is 1. The number of likely N-dealkylation sites (N-methyl/N-ethyl adjacent to an activating group) is 1. The highest BCUT2D eigenvalue weighted by Gasteiger charge is 2.23. The van der Waals surface area contributed by atoms with Gasteiger partial charge < -0.3 is 19.5 Å². The second-order valence-electron chi connectivity index (χ2n) is 8.17. The first-order chi connectivity index (χ1) is 15.4. The molecule has 2 aromatic heterocycles. The van der Waals surface area contributed by atoms with Crippen molar-refractivity contribution in [3.05, 3.63) is 39.8 Å². The highest BCUT2D eigenvalue weighted by Crippen LogP contribution is 2.30. The quantitative estimate of drug-likeness (QED) is 0.633. The molecular formula is C23H30N6O3. The number of H-pyrrole nitrogens is 1. The van der Waals surface area contributed by atoms with Crippen molar-refractivity contribution < 1.29 is 9.53 Å². The van der Waals surface area contributed by atoms with Crippen LogP contribution < -0.4 is 10.3 Å². The van der Waals surface area contributed by atoms with Gasteiger partial charge in [0.15, 0.2) is 5.52 Å². The lowest BCUT2D eigenvalue weighted by molar-refractivity contribution is 0.0664. The van der Waals surface area contributed by atoms with Crippen molar-refractivity contribution in [2.45, 2.75) is 26.7 Å². The number of ether oxygens (including phenoxy) is 1. The molecule has 170 valence electrons. The Morgan fingerprint density at radius 2 is 1.91 bits per heavy atom. The van der Waals surface area contributed by atoms with Crippen molar-refractivity contribution in [3.8, 4) is 17.1 Å². The van der Waals surface area contributed by atoms with Crippen molar-refractivity contribution in [3.63, 3.8) is 0 Å². The van der Waals surface area contributed by atoms with Crippen molar-refractivity contribution in [2.75, 3.05) is 39.8 Å². The first-order valence-electron chi connectivity index (χ1n) is 11.1. The number of carbonyl (C=O) groups excluding carboxylic acids is 1. The van der Waals surface area contributed by atoms with Gasteiger partial charge in [-0.1, -0.05) is 13.3 Å². The molecule has 1 aliphatic heterocycles. The molecule has 0 unspecified atom stereocenters. The average Bonchev–Trinajstić information content (AvgIpc) is 3.10. The van der Waals surface area contributed by atoms with Crippen molar-refractivity contribution >= 4 is 16.9 Å². The van der Waals surface area contributed by atoms with Gasteiger partial charge in [-0.25, -0.2) is 4.98 Å². The monoisotopic (exact) mass is 438 g/mol. The van der Waals surface area contributed by atoms with Gasteiger partial charge in [-0.3, -0.25) is 14.3 Å². The summed E-state index contributed by atoms with van der Waals surface area (Å²) < 4.78 is 7.38. The molecule has 9 heteroatoms. The molecule has 0 atom stereocenters. The van der Waals surface area contributed by atoms with Crippen LogP contribution in [0.15, 0.2) is 23.0 Å². The lowest BCUT2D eigenvalue weighted by Gasteiger charge is -2.32. The fourth-order valence-electron chi connectivity index (χ4n) is 4.10. The summed E-state index contributed by atoms with van der Waals surface area (Å²) >= 11 is 0. The van der Waals surface area contributed by atoms with E-state index in [2.05, 4.69) is 29.0 Å². The fraction of sp³-hybridized carbons (Fsp3) is 0.478. The number of aromatic nitrogens is 4. The number of aromatic amines is 1. The molecular weight excluding hydrogens is 408 g/mol. The Morgan fingerprint density at radius 1 is 1.16 bits per heavy atom. The van der Waals surface area contributed by atoms with Crippen LogP contribution in [-0.4, -0.2) is 75.3 Å². The molecule has 1 aliphatic rings. The molecule has 0 radical (unpaired) electrons. The second kappa shape index (κ2) is 9.12. The van der Waals surface area contributed by atoms with E-state index < -0.39 is 0 Å². The molecule has 0 spiro atoms. The predicted octanol–water partition coefficient (Wildman–Crippen LogP) is 2.06. The highest BCUT2D eigenvalue weighted by molar-refractivity contribution is 5.96. The largest absolute Gasteiger partial charge is 0.493 e. The maximum absolute atomic E-state index is 13.1. The number of piperazine rings is 1. The number of fused-ring (bicyclic) bond motifs is 1. The molecule has 3 aromatic rings. The first-order valence-corrected chi connectivity index (χ1v) is 11.1. The number of hydrogen-bond acceptors (Lipinski definition) is 6. The molecule has 1 aromatic carbocycles. The van der Waals surface area contributed by atoms with Gasteiger partial charge in [0.25, 0.3) is 11.5 Å². The zero-order valence-corrected chi connectivity index (χ0v) is 19.1. The smallest absolute Gasteiger partial charge is 0.277 e. The van der Waals surface area contributed by atoms with Gasteiger partial charge in [0.1, 0.15) is 17.1 Å². The fourth-order valence-corrected chi connectivity index (χ4v) is 4.10. The summed E-state index contributed by atoms with van der Waals surface area (Å²) in [4.78, 5) is 37.7. The zero-order chi connectivity index (χ0) is 22.8. The normalized spacial score (nSPS) is 14.8. The van der Waals surface area contributed by atoms with Gasteiger partial charge in [-0.15, -0.1) is 0 Å². The summed E-state index contributed by atoms with van der Waals surface area (Å²) in [5, 5.41) is 4.49. The van der Waals surface area contributed by atoms with Crippen molar-refractivity contribution in [1.82, 2.24) is 29.5 Å². The van der Waals surface area contributed by atoms with E-state index in [0.717, 1.165) is 31.6 Å². The molecule has 1 amide bonds. The SMILES string of the molecule is CCCc1nn(C)c2c(=O)[nH]c(-c3cc(C(=O)N4CCN(C)CC4)ccc3OCC)nc12. The Balaban J connectivity index is 1.80. The summed E-state index contributed by atoms with van der Waals surface area (Å²) in [6.45, 7) is 7.50. The number of rotatable bonds is 6. The number of nitrogens with one attached hydrogen (secondary N) is 1. The third-order valence-electron chi connectivity index (χ3n) is 5.82. The molecule has 0 bridgehead atoms. The maximum atomic E-state index is 13.1. The number of hydrogen-bond donors (Lipinski definition) is 1. The molecule has 9 nitrogen and oxygen atoms in total. The second-order valence-corrected chi connectivity index (χ2v) is 8.17. The first kappa shape index (κ1) is 22.0. The van der Waals surface area contributed by atoms with Crippen LogP contribution in [0.1, 0.15) is 36.3 Å². The van der Waals surface area contributed by atoms with Crippen LogP contribution in [0.3, 0.4) is 0 Å². The van der Waals surface area contributed by atoms with E-state index in [1.165, 1.54) is 0 Å². The minimum Gasteiger partial charge on any atom is -0.493 e. The topological polar surface area (TPSA) is 96.3 Å². The molecule has 1 N–H and O–H groups in total. The minimum absolute atomic E-state index is 0.0288. The Kier molecular flexibility index (Phi) is 6.27. The van der Waals surface area contributed by atoms with E-state index >= 15 is 0 Å². The summed E-state index contributed by atoms with van der Waals surface area (Å²) in [5.41, 5.74) is 2.71. The van der Waals surface area contributed by atoms with Crippen LogP contribution in [0.4, 0.5) is 0 Å². The van der Waals surface area contributed by atoms with Crippen LogP contribution in [0.5, 0.6) is 5.75 Å². The summed E-state index contributed by atoms with van der Waals surface area (Å²) in [5.74, 6) is 0.925. The van der Waals surface area contributed by atoms with Crippen LogP contribution >= 0.6 is 0 Å². The Labute approximate surface area is 187 Å². The van der Waals surface area contributed by atoms with Crippen LogP contribution in [0.2, 0.25) is 0 Å². The number of aryl methyl sites for hydroxylation is 2.